The highest BCUT2D eigenvalue weighted by Crippen LogP contribution is 2.30. The Morgan fingerprint density at radius 3 is 2.48 bits per heavy atom. The summed E-state index contributed by atoms with van der Waals surface area (Å²) in [6.45, 7) is 3.68. The molecule has 11 heteroatoms. The Balaban J connectivity index is 1.45. The molecule has 1 amide bonds. The lowest BCUT2D eigenvalue weighted by molar-refractivity contribution is -0.127. The molecule has 174 valence electrons. The van der Waals surface area contributed by atoms with Crippen molar-refractivity contribution in [1.82, 2.24) is 14.2 Å². The number of methoxy groups -OCH3 is 1. The Morgan fingerprint density at radius 2 is 1.82 bits per heavy atom. The zero-order chi connectivity index (χ0) is 23.8. The number of para-hydroxylation sites is 1. The van der Waals surface area contributed by atoms with E-state index >= 15 is 0 Å². The fraction of sp³-hybridized carbons (Fsp3) is 0.318. The van der Waals surface area contributed by atoms with Crippen LogP contribution in [0.25, 0.3) is 16.3 Å². The second-order valence-corrected chi connectivity index (χ2v) is 10.4. The highest BCUT2D eigenvalue weighted by molar-refractivity contribution is 7.89. The molecule has 4 rings (SSSR count). The summed E-state index contributed by atoms with van der Waals surface area (Å²) in [7, 11) is -2.82. The van der Waals surface area contributed by atoms with Crippen LogP contribution in [0.2, 0.25) is 0 Å². The molecule has 1 fully saturated rings. The second-order valence-electron chi connectivity index (χ2n) is 7.49. The molecule has 1 aromatic carbocycles. The number of aromatic nitrogens is 1. The third-order valence-electron chi connectivity index (χ3n) is 5.42. The standard InChI is InChI=1S/C22H23N3O6S2/c1-14-20(22(27)30-3)21(15(2)31-14)33(28,29)25-12-10-24(11-13-25)19(26)9-8-18-23-16-6-4-5-7-17(16)32-18/h4-9H,10-13H2,1-3H3/b9-8+. The van der Waals surface area contributed by atoms with E-state index in [1.807, 2.05) is 24.3 Å². The summed E-state index contributed by atoms with van der Waals surface area (Å²) in [6.07, 6.45) is 3.14. The van der Waals surface area contributed by atoms with Crippen molar-refractivity contribution in [2.24, 2.45) is 0 Å². The molecule has 3 aromatic rings. The number of fused-ring (bicyclic) bond motifs is 1. The summed E-state index contributed by atoms with van der Waals surface area (Å²) in [4.78, 5) is 30.7. The van der Waals surface area contributed by atoms with E-state index in [9.17, 15) is 18.0 Å². The number of amides is 1. The maximum atomic E-state index is 13.3. The lowest BCUT2D eigenvalue weighted by Crippen LogP contribution is -2.50. The van der Waals surface area contributed by atoms with Crippen molar-refractivity contribution in [2.45, 2.75) is 18.7 Å². The van der Waals surface area contributed by atoms with Gasteiger partial charge in [-0.1, -0.05) is 12.1 Å². The van der Waals surface area contributed by atoms with E-state index in [0.29, 0.717) is 0 Å². The third-order valence-corrected chi connectivity index (χ3v) is 8.48. The van der Waals surface area contributed by atoms with Crippen LogP contribution in [0.4, 0.5) is 0 Å². The van der Waals surface area contributed by atoms with Gasteiger partial charge in [0.25, 0.3) is 0 Å². The monoisotopic (exact) mass is 489 g/mol. The number of sulfonamides is 1. The molecule has 0 unspecified atom stereocenters. The van der Waals surface area contributed by atoms with Crippen molar-refractivity contribution in [3.8, 4) is 0 Å². The minimum absolute atomic E-state index is 0.0905. The lowest BCUT2D eigenvalue weighted by atomic mass is 10.2. The largest absolute Gasteiger partial charge is 0.465 e. The topological polar surface area (TPSA) is 110 Å². The molecule has 0 bridgehead atoms. The number of rotatable bonds is 5. The van der Waals surface area contributed by atoms with Crippen LogP contribution in [0, 0.1) is 13.8 Å². The van der Waals surface area contributed by atoms with Gasteiger partial charge in [-0.15, -0.1) is 11.3 Å². The van der Waals surface area contributed by atoms with E-state index in [-0.39, 0.29) is 54.1 Å². The van der Waals surface area contributed by atoms with Crippen LogP contribution in [0.3, 0.4) is 0 Å². The number of hydrogen-bond acceptors (Lipinski definition) is 8. The first-order valence-electron chi connectivity index (χ1n) is 10.2. The summed E-state index contributed by atoms with van der Waals surface area (Å²) >= 11 is 1.49. The van der Waals surface area contributed by atoms with Gasteiger partial charge in [0, 0.05) is 32.3 Å². The first-order chi connectivity index (χ1) is 15.7. The maximum Gasteiger partial charge on any atom is 0.342 e. The predicted molar refractivity (Wildman–Crippen MR) is 124 cm³/mol. The van der Waals surface area contributed by atoms with Crippen molar-refractivity contribution in [2.75, 3.05) is 33.3 Å². The van der Waals surface area contributed by atoms with Crippen LogP contribution < -0.4 is 0 Å². The number of aryl methyl sites for hydroxylation is 2. The zero-order valence-electron chi connectivity index (χ0n) is 18.4. The summed E-state index contributed by atoms with van der Waals surface area (Å²) in [6, 6.07) is 7.74. The van der Waals surface area contributed by atoms with E-state index in [1.165, 1.54) is 42.7 Å². The van der Waals surface area contributed by atoms with Gasteiger partial charge in [-0.3, -0.25) is 4.79 Å². The van der Waals surface area contributed by atoms with Gasteiger partial charge < -0.3 is 14.1 Å². The van der Waals surface area contributed by atoms with E-state index in [2.05, 4.69) is 4.98 Å². The van der Waals surface area contributed by atoms with Crippen LogP contribution >= 0.6 is 11.3 Å². The van der Waals surface area contributed by atoms with E-state index in [0.717, 1.165) is 15.2 Å². The summed E-state index contributed by atoms with van der Waals surface area (Å²) in [5.74, 6) is -0.662. The van der Waals surface area contributed by atoms with Gasteiger partial charge in [-0.05, 0) is 32.1 Å². The number of hydrogen-bond donors (Lipinski definition) is 0. The predicted octanol–water partition coefficient (Wildman–Crippen LogP) is 2.84. The van der Waals surface area contributed by atoms with Gasteiger partial charge >= 0.3 is 5.97 Å². The van der Waals surface area contributed by atoms with Crippen molar-refractivity contribution in [1.29, 1.82) is 0 Å². The highest BCUT2D eigenvalue weighted by Gasteiger charge is 2.37. The summed E-state index contributed by atoms with van der Waals surface area (Å²) in [5, 5.41) is 0.729. The zero-order valence-corrected chi connectivity index (χ0v) is 20.0. The average Bonchev–Trinajstić information content (AvgIpc) is 3.36. The molecule has 0 N–H and O–H groups in total. The summed E-state index contributed by atoms with van der Waals surface area (Å²) in [5.41, 5.74) is 0.789. The summed E-state index contributed by atoms with van der Waals surface area (Å²) < 4.78 is 39.0. The Hall–Kier alpha value is -3.02. The Bertz CT molecular complexity index is 1310. The lowest BCUT2D eigenvalue weighted by Gasteiger charge is -2.33. The Morgan fingerprint density at radius 1 is 1.12 bits per heavy atom. The fourth-order valence-electron chi connectivity index (χ4n) is 3.80. The van der Waals surface area contributed by atoms with Gasteiger partial charge in [-0.2, -0.15) is 4.31 Å². The number of furan rings is 1. The van der Waals surface area contributed by atoms with Gasteiger partial charge in [-0.25, -0.2) is 18.2 Å². The first-order valence-corrected chi connectivity index (χ1v) is 12.5. The molecule has 0 saturated carbocycles. The van der Waals surface area contributed by atoms with Crippen molar-refractivity contribution in [3.63, 3.8) is 0 Å². The minimum Gasteiger partial charge on any atom is -0.465 e. The SMILES string of the molecule is COC(=O)c1c(C)oc(C)c1S(=O)(=O)N1CCN(C(=O)/C=C/c2nc3ccccc3s2)CC1. The van der Waals surface area contributed by atoms with Crippen molar-refractivity contribution >= 4 is 49.5 Å². The third kappa shape index (κ3) is 4.43. The van der Waals surface area contributed by atoms with Crippen LogP contribution in [0.15, 0.2) is 39.7 Å². The molecule has 1 saturated heterocycles. The van der Waals surface area contributed by atoms with Gasteiger partial charge in [0.15, 0.2) is 0 Å². The number of esters is 1. The second kappa shape index (κ2) is 9.08. The van der Waals surface area contributed by atoms with Gasteiger partial charge in [0.05, 0.1) is 17.3 Å². The average molecular weight is 490 g/mol. The molecule has 9 nitrogen and oxygen atoms in total. The molecule has 0 aliphatic carbocycles. The normalized spacial score (nSPS) is 15.4. The number of piperazine rings is 1. The number of nitrogens with zero attached hydrogens (tertiary/aromatic N) is 3. The molecule has 1 aliphatic rings. The molecule has 0 spiro atoms. The van der Waals surface area contributed by atoms with Gasteiger partial charge in [0.2, 0.25) is 15.9 Å². The quantitative estimate of drug-likeness (QED) is 0.400. The Labute approximate surface area is 195 Å². The van der Waals surface area contributed by atoms with Crippen LogP contribution in [0.1, 0.15) is 26.9 Å². The highest BCUT2D eigenvalue weighted by atomic mass is 32.2. The molecule has 33 heavy (non-hydrogen) atoms. The Kier molecular flexibility index (Phi) is 6.37. The van der Waals surface area contributed by atoms with Gasteiger partial charge in [0.1, 0.15) is 27.0 Å². The van der Waals surface area contributed by atoms with E-state index in [4.69, 9.17) is 9.15 Å². The number of benzene rings is 1. The fourth-order valence-corrected chi connectivity index (χ4v) is 6.46. The molecule has 1 aliphatic heterocycles. The number of carbonyl (C=O) groups is 2. The molecule has 3 heterocycles. The molecular weight excluding hydrogens is 466 g/mol. The minimum atomic E-state index is -4.00. The molecule has 2 aromatic heterocycles. The maximum absolute atomic E-state index is 13.3. The van der Waals surface area contributed by atoms with Crippen LogP contribution in [-0.4, -0.2) is 67.8 Å². The number of thiazole rings is 1. The van der Waals surface area contributed by atoms with Crippen LogP contribution in [0.5, 0.6) is 0 Å². The first kappa shape index (κ1) is 23.1. The van der Waals surface area contributed by atoms with E-state index in [1.54, 1.807) is 11.0 Å². The van der Waals surface area contributed by atoms with Crippen molar-refractivity contribution < 1.29 is 27.2 Å². The molecule has 0 radical (unpaired) electrons. The number of carbonyl (C=O) groups excluding carboxylic acids is 2. The van der Waals surface area contributed by atoms with Crippen molar-refractivity contribution in [3.05, 3.63) is 52.4 Å². The van der Waals surface area contributed by atoms with E-state index < -0.39 is 16.0 Å². The number of ether oxygens (including phenoxy) is 1. The van der Waals surface area contributed by atoms with Crippen LogP contribution in [-0.2, 0) is 19.6 Å². The smallest absolute Gasteiger partial charge is 0.342 e. The molecule has 0 atom stereocenters. The molecular formula is C22H23N3O6S2.